The molecule has 0 aliphatic heterocycles. The SMILES string of the molecule is CC(C)Cc1ccc(C#N)c(SC(C)C(=O)Nc2cccc(C(=O)O)c2)n1. The second-order valence-electron chi connectivity index (χ2n) is 6.50. The molecule has 1 aromatic carbocycles. The molecule has 1 heterocycles. The largest absolute Gasteiger partial charge is 0.478 e. The van der Waals surface area contributed by atoms with Crippen molar-refractivity contribution in [2.45, 2.75) is 37.5 Å². The maximum absolute atomic E-state index is 12.5. The molecule has 1 amide bonds. The van der Waals surface area contributed by atoms with E-state index < -0.39 is 11.2 Å². The Kier molecular flexibility index (Phi) is 6.97. The molecular weight excluding hydrogens is 362 g/mol. The van der Waals surface area contributed by atoms with Crippen LogP contribution in [0.15, 0.2) is 41.4 Å². The van der Waals surface area contributed by atoms with Gasteiger partial charge in [-0.2, -0.15) is 5.26 Å². The van der Waals surface area contributed by atoms with Crippen molar-refractivity contribution >= 4 is 29.3 Å². The van der Waals surface area contributed by atoms with Crippen LogP contribution < -0.4 is 5.32 Å². The number of amides is 1. The maximum atomic E-state index is 12.5. The molecule has 0 saturated heterocycles. The van der Waals surface area contributed by atoms with Crippen LogP contribution >= 0.6 is 11.8 Å². The van der Waals surface area contributed by atoms with E-state index in [-0.39, 0.29) is 11.5 Å². The van der Waals surface area contributed by atoms with Crippen LogP contribution in [0.1, 0.15) is 42.4 Å². The van der Waals surface area contributed by atoms with Crippen LogP contribution in [0.25, 0.3) is 0 Å². The number of thioether (sulfide) groups is 1. The minimum Gasteiger partial charge on any atom is -0.478 e. The van der Waals surface area contributed by atoms with Gasteiger partial charge in [-0.1, -0.05) is 31.7 Å². The Morgan fingerprint density at radius 1 is 1.26 bits per heavy atom. The van der Waals surface area contributed by atoms with Gasteiger partial charge >= 0.3 is 5.97 Å². The highest BCUT2D eigenvalue weighted by molar-refractivity contribution is 8.00. The number of nitriles is 1. The summed E-state index contributed by atoms with van der Waals surface area (Å²) >= 11 is 1.21. The Bertz CT molecular complexity index is 890. The molecule has 0 aliphatic rings. The molecule has 0 saturated carbocycles. The van der Waals surface area contributed by atoms with Gasteiger partial charge < -0.3 is 10.4 Å². The van der Waals surface area contributed by atoms with Crippen molar-refractivity contribution in [3.63, 3.8) is 0 Å². The lowest BCUT2D eigenvalue weighted by atomic mass is 10.1. The topological polar surface area (TPSA) is 103 Å². The number of carboxylic acid groups (broad SMARTS) is 1. The summed E-state index contributed by atoms with van der Waals surface area (Å²) < 4.78 is 0. The third-order valence-electron chi connectivity index (χ3n) is 3.69. The van der Waals surface area contributed by atoms with Gasteiger partial charge in [-0.15, -0.1) is 0 Å². The van der Waals surface area contributed by atoms with Gasteiger partial charge in [0.2, 0.25) is 5.91 Å². The summed E-state index contributed by atoms with van der Waals surface area (Å²) in [6, 6.07) is 11.7. The molecule has 0 fully saturated rings. The third-order valence-corrected chi connectivity index (χ3v) is 4.79. The van der Waals surface area contributed by atoms with E-state index in [0.29, 0.717) is 22.2 Å². The van der Waals surface area contributed by atoms with Gasteiger partial charge in [0, 0.05) is 11.4 Å². The smallest absolute Gasteiger partial charge is 0.335 e. The van der Waals surface area contributed by atoms with E-state index in [1.807, 2.05) is 6.07 Å². The Morgan fingerprint density at radius 3 is 2.63 bits per heavy atom. The molecule has 1 aromatic heterocycles. The second kappa shape index (κ2) is 9.19. The van der Waals surface area contributed by atoms with Gasteiger partial charge in [0.25, 0.3) is 0 Å². The number of benzene rings is 1. The standard InChI is InChI=1S/C20H21N3O3S/c1-12(2)9-17-8-7-15(11-21)19(23-17)27-13(3)18(24)22-16-6-4-5-14(10-16)20(25)26/h4-8,10,12-13H,9H2,1-3H3,(H,22,24)(H,25,26). The molecule has 2 rings (SSSR count). The lowest BCUT2D eigenvalue weighted by Crippen LogP contribution is -2.23. The monoisotopic (exact) mass is 383 g/mol. The predicted octanol–water partition coefficient (Wildman–Crippen LogP) is 3.97. The van der Waals surface area contributed by atoms with Crippen molar-refractivity contribution in [3.8, 4) is 6.07 Å². The Hall–Kier alpha value is -2.85. The highest BCUT2D eigenvalue weighted by Gasteiger charge is 2.18. The Morgan fingerprint density at radius 2 is 2.00 bits per heavy atom. The van der Waals surface area contributed by atoms with E-state index >= 15 is 0 Å². The average molecular weight is 383 g/mol. The van der Waals surface area contributed by atoms with Gasteiger partial charge in [0.05, 0.1) is 16.4 Å². The Labute approximate surface area is 162 Å². The zero-order valence-electron chi connectivity index (χ0n) is 15.4. The van der Waals surface area contributed by atoms with Crippen molar-refractivity contribution in [1.29, 1.82) is 5.26 Å². The van der Waals surface area contributed by atoms with Crippen LogP contribution in [-0.2, 0) is 11.2 Å². The summed E-state index contributed by atoms with van der Waals surface area (Å²) in [5.74, 6) is -0.911. The van der Waals surface area contributed by atoms with Crippen molar-refractivity contribution in [2.75, 3.05) is 5.32 Å². The molecular formula is C20H21N3O3S. The number of anilines is 1. The minimum absolute atomic E-state index is 0.0999. The van der Waals surface area contributed by atoms with Crippen LogP contribution in [0, 0.1) is 17.2 Å². The molecule has 27 heavy (non-hydrogen) atoms. The molecule has 0 bridgehead atoms. The third kappa shape index (κ3) is 5.83. The zero-order valence-corrected chi connectivity index (χ0v) is 16.2. The molecule has 1 unspecified atom stereocenters. The van der Waals surface area contributed by atoms with Crippen LogP contribution in [0.4, 0.5) is 5.69 Å². The van der Waals surface area contributed by atoms with Gasteiger partial charge in [-0.25, -0.2) is 9.78 Å². The summed E-state index contributed by atoms with van der Waals surface area (Å²) in [5, 5.41) is 21.1. The maximum Gasteiger partial charge on any atom is 0.335 e. The Balaban J connectivity index is 2.13. The number of carboxylic acids is 1. The number of hydrogen-bond donors (Lipinski definition) is 2. The van der Waals surface area contributed by atoms with E-state index in [9.17, 15) is 14.9 Å². The van der Waals surface area contributed by atoms with E-state index in [1.165, 1.54) is 23.9 Å². The second-order valence-corrected chi connectivity index (χ2v) is 7.83. The first-order valence-electron chi connectivity index (χ1n) is 8.51. The van der Waals surface area contributed by atoms with Crippen molar-refractivity contribution < 1.29 is 14.7 Å². The van der Waals surface area contributed by atoms with Gasteiger partial charge in [0.15, 0.2) is 0 Å². The summed E-state index contributed by atoms with van der Waals surface area (Å²) in [7, 11) is 0. The normalized spacial score (nSPS) is 11.7. The van der Waals surface area contributed by atoms with Crippen LogP contribution in [0.2, 0.25) is 0 Å². The van der Waals surface area contributed by atoms with E-state index in [2.05, 4.69) is 30.2 Å². The highest BCUT2D eigenvalue weighted by atomic mass is 32.2. The number of rotatable bonds is 7. The molecule has 2 aromatic rings. The van der Waals surface area contributed by atoms with E-state index in [0.717, 1.165) is 12.1 Å². The molecule has 0 spiro atoms. The van der Waals surface area contributed by atoms with Crippen LogP contribution in [0.3, 0.4) is 0 Å². The number of pyridine rings is 1. The van der Waals surface area contributed by atoms with Crippen LogP contribution in [-0.4, -0.2) is 27.2 Å². The quantitative estimate of drug-likeness (QED) is 0.701. The summed E-state index contributed by atoms with van der Waals surface area (Å²) in [4.78, 5) is 28.0. The highest BCUT2D eigenvalue weighted by Crippen LogP contribution is 2.26. The van der Waals surface area contributed by atoms with Crippen LogP contribution in [0.5, 0.6) is 0 Å². The van der Waals surface area contributed by atoms with E-state index in [1.54, 1.807) is 25.1 Å². The van der Waals surface area contributed by atoms with Gasteiger partial charge in [-0.05, 0) is 49.6 Å². The fraction of sp³-hybridized carbons (Fsp3) is 0.300. The molecule has 0 radical (unpaired) electrons. The fourth-order valence-corrected chi connectivity index (χ4v) is 3.29. The number of aromatic nitrogens is 1. The average Bonchev–Trinajstić information content (AvgIpc) is 2.61. The minimum atomic E-state index is -1.06. The van der Waals surface area contributed by atoms with E-state index in [4.69, 9.17) is 5.11 Å². The van der Waals surface area contributed by atoms with Crippen molar-refractivity contribution in [3.05, 3.63) is 53.2 Å². The number of nitrogens with one attached hydrogen (secondary N) is 1. The molecule has 2 N–H and O–H groups in total. The lowest BCUT2D eigenvalue weighted by molar-refractivity contribution is -0.115. The number of carbonyl (C=O) groups is 2. The number of aromatic carboxylic acids is 1. The predicted molar refractivity (Wildman–Crippen MR) is 105 cm³/mol. The summed E-state index contributed by atoms with van der Waals surface area (Å²) in [5.41, 5.74) is 1.82. The van der Waals surface area contributed by atoms with Gasteiger partial charge in [-0.3, -0.25) is 4.79 Å². The van der Waals surface area contributed by atoms with Gasteiger partial charge in [0.1, 0.15) is 11.1 Å². The van der Waals surface area contributed by atoms with Crippen molar-refractivity contribution in [2.24, 2.45) is 5.92 Å². The fourth-order valence-electron chi connectivity index (χ4n) is 2.38. The molecule has 7 heteroatoms. The first-order chi connectivity index (χ1) is 12.8. The molecule has 6 nitrogen and oxygen atoms in total. The summed E-state index contributed by atoms with van der Waals surface area (Å²) in [6.45, 7) is 5.90. The zero-order chi connectivity index (χ0) is 20.0. The number of hydrogen-bond acceptors (Lipinski definition) is 5. The van der Waals surface area contributed by atoms with Crippen molar-refractivity contribution in [1.82, 2.24) is 4.98 Å². The lowest BCUT2D eigenvalue weighted by Gasteiger charge is -2.14. The first kappa shape index (κ1) is 20.5. The first-order valence-corrected chi connectivity index (χ1v) is 9.39. The molecule has 140 valence electrons. The summed E-state index contributed by atoms with van der Waals surface area (Å²) in [6.07, 6.45) is 0.793. The number of nitrogens with zero attached hydrogens (tertiary/aromatic N) is 2. The molecule has 0 aliphatic carbocycles. The molecule has 1 atom stereocenters. The number of carbonyl (C=O) groups excluding carboxylic acids is 1.